The number of anilines is 1. The number of carbonyl (C=O) groups is 2. The van der Waals surface area contributed by atoms with Gasteiger partial charge in [0.15, 0.2) is 0 Å². The molecule has 3 N–H and O–H groups in total. The molecule has 1 aliphatic heterocycles. The third-order valence-corrected chi connectivity index (χ3v) is 7.66. The van der Waals surface area contributed by atoms with Gasteiger partial charge in [-0.2, -0.15) is 5.26 Å². The van der Waals surface area contributed by atoms with E-state index in [0.717, 1.165) is 38.5 Å². The van der Waals surface area contributed by atoms with Crippen molar-refractivity contribution < 1.29 is 14.3 Å². The molecule has 1 saturated heterocycles. The molecule has 0 spiro atoms. The van der Waals surface area contributed by atoms with Crippen LogP contribution in [0.25, 0.3) is 0 Å². The van der Waals surface area contributed by atoms with Crippen LogP contribution in [-0.4, -0.2) is 47.1 Å². The van der Waals surface area contributed by atoms with Gasteiger partial charge in [-0.3, -0.25) is 4.79 Å². The molecule has 5 aliphatic rings. The normalized spacial score (nSPS) is 36.4. The molecule has 8 heteroatoms. The van der Waals surface area contributed by atoms with E-state index in [1.165, 1.54) is 0 Å². The maximum Gasteiger partial charge on any atom is 0.410 e. The summed E-state index contributed by atoms with van der Waals surface area (Å²) in [5.41, 5.74) is 5.87. The second-order valence-corrected chi connectivity index (χ2v) is 9.55. The van der Waals surface area contributed by atoms with Crippen LogP contribution in [0.1, 0.15) is 44.1 Å². The molecule has 6 atom stereocenters. The number of amides is 2. The van der Waals surface area contributed by atoms with E-state index < -0.39 is 0 Å². The minimum Gasteiger partial charge on any atom is -0.446 e. The Balaban J connectivity index is 1.20. The number of aromatic nitrogens is 1. The minimum atomic E-state index is -0.372. The highest BCUT2D eigenvalue weighted by molar-refractivity contribution is 5.81. The van der Waals surface area contributed by atoms with E-state index in [4.69, 9.17) is 10.5 Å². The molecule has 8 nitrogen and oxygen atoms in total. The predicted molar refractivity (Wildman–Crippen MR) is 108 cm³/mol. The molecule has 5 fully saturated rings. The summed E-state index contributed by atoms with van der Waals surface area (Å²) in [6, 6.07) is 5.63. The lowest BCUT2D eigenvalue weighted by atomic mass is 9.48. The van der Waals surface area contributed by atoms with Crippen molar-refractivity contribution in [2.45, 2.75) is 50.7 Å². The molecule has 2 heterocycles. The van der Waals surface area contributed by atoms with Gasteiger partial charge in [0, 0.05) is 25.3 Å². The maximum atomic E-state index is 12.9. The third kappa shape index (κ3) is 3.17. The number of likely N-dealkylation sites (tertiary alicyclic amines) is 1. The molecule has 1 aromatic rings. The second-order valence-electron chi connectivity index (χ2n) is 9.55. The topological polar surface area (TPSA) is 121 Å². The van der Waals surface area contributed by atoms with Gasteiger partial charge in [0.2, 0.25) is 5.91 Å². The molecule has 4 bridgehead atoms. The Labute approximate surface area is 175 Å². The van der Waals surface area contributed by atoms with Crippen molar-refractivity contribution in [3.05, 3.63) is 23.9 Å². The number of hydrogen-bond donors (Lipinski definition) is 2. The molecule has 6 rings (SSSR count). The highest BCUT2D eigenvalue weighted by atomic mass is 16.6. The van der Waals surface area contributed by atoms with E-state index in [-0.39, 0.29) is 41.4 Å². The first kappa shape index (κ1) is 19.2. The first-order chi connectivity index (χ1) is 14.5. The number of ether oxygens (including phenoxy) is 1. The SMILES string of the molecule is N#Cc1cccnc1N[C@H]1CCN(C(=O)OC2C3CC4C[C@H]2C[C@@](C(N)=O)(C4)C3)C1. The predicted octanol–water partition coefficient (Wildman–Crippen LogP) is 2.26. The minimum absolute atomic E-state index is 0.0381. The average molecular weight is 409 g/mol. The summed E-state index contributed by atoms with van der Waals surface area (Å²) in [5, 5.41) is 12.5. The number of hydrogen-bond acceptors (Lipinski definition) is 6. The van der Waals surface area contributed by atoms with Gasteiger partial charge in [-0.05, 0) is 68.4 Å². The monoisotopic (exact) mass is 409 g/mol. The highest BCUT2D eigenvalue weighted by Gasteiger charge is 2.59. The summed E-state index contributed by atoms with van der Waals surface area (Å²) in [4.78, 5) is 31.0. The molecule has 0 radical (unpaired) electrons. The van der Waals surface area contributed by atoms with Crippen molar-refractivity contribution >= 4 is 17.8 Å². The first-order valence-corrected chi connectivity index (χ1v) is 10.8. The van der Waals surface area contributed by atoms with E-state index in [0.29, 0.717) is 30.4 Å². The molecule has 4 aliphatic carbocycles. The Morgan fingerprint density at radius 2 is 2.07 bits per heavy atom. The molecule has 158 valence electrons. The van der Waals surface area contributed by atoms with Crippen LogP contribution in [0.2, 0.25) is 0 Å². The molecule has 0 aromatic carbocycles. The Hall–Kier alpha value is -2.82. The van der Waals surface area contributed by atoms with Crippen molar-refractivity contribution in [2.75, 3.05) is 18.4 Å². The number of nitrogens with zero attached hydrogens (tertiary/aromatic N) is 3. The molecule has 1 aromatic heterocycles. The lowest BCUT2D eigenvalue weighted by Gasteiger charge is -2.58. The van der Waals surface area contributed by atoms with Crippen LogP contribution < -0.4 is 11.1 Å². The summed E-state index contributed by atoms with van der Waals surface area (Å²) >= 11 is 0. The standard InChI is InChI=1S/C22H27N5O3/c23-11-14-2-1-4-25-19(14)26-17-3-5-27(12-17)21(29)30-18-15-6-13-7-16(18)10-22(8-13,9-15)20(24)28/h1-2,4,13,15-18H,3,5-10,12H2,(H2,24,28)(H,25,26)/t13?,15-,16?,17-,18?,22-/m0/s1. The lowest BCUT2D eigenvalue weighted by molar-refractivity contribution is -0.161. The van der Waals surface area contributed by atoms with Crippen molar-refractivity contribution in [1.29, 1.82) is 5.26 Å². The van der Waals surface area contributed by atoms with Gasteiger partial charge in [-0.25, -0.2) is 9.78 Å². The summed E-state index contributed by atoms with van der Waals surface area (Å²) in [7, 11) is 0. The summed E-state index contributed by atoms with van der Waals surface area (Å²) in [5.74, 6) is 1.41. The fourth-order valence-corrected chi connectivity index (χ4v) is 6.51. The quantitative estimate of drug-likeness (QED) is 0.787. The number of pyridine rings is 1. The first-order valence-electron chi connectivity index (χ1n) is 10.8. The molecule has 2 amide bonds. The maximum absolute atomic E-state index is 12.9. The zero-order valence-electron chi connectivity index (χ0n) is 16.9. The molecular formula is C22H27N5O3. The van der Waals surface area contributed by atoms with E-state index >= 15 is 0 Å². The van der Waals surface area contributed by atoms with Crippen molar-refractivity contribution in [3.8, 4) is 6.07 Å². The fraction of sp³-hybridized carbons (Fsp3) is 0.636. The van der Waals surface area contributed by atoms with Crippen LogP contribution in [0.4, 0.5) is 10.6 Å². The van der Waals surface area contributed by atoms with Crippen LogP contribution in [0, 0.1) is 34.5 Å². The van der Waals surface area contributed by atoms with E-state index in [9.17, 15) is 14.9 Å². The number of nitrogens with two attached hydrogens (primary N) is 1. The van der Waals surface area contributed by atoms with Crippen LogP contribution in [0.3, 0.4) is 0 Å². The van der Waals surface area contributed by atoms with Crippen LogP contribution in [-0.2, 0) is 9.53 Å². The fourth-order valence-electron chi connectivity index (χ4n) is 6.51. The number of rotatable bonds is 4. The van der Waals surface area contributed by atoms with E-state index in [2.05, 4.69) is 16.4 Å². The van der Waals surface area contributed by atoms with E-state index in [1.54, 1.807) is 23.2 Å². The van der Waals surface area contributed by atoms with Crippen molar-refractivity contribution in [2.24, 2.45) is 28.9 Å². The Kier molecular flexibility index (Phi) is 4.57. The molecule has 4 saturated carbocycles. The number of nitrogens with one attached hydrogen (secondary N) is 1. The Morgan fingerprint density at radius 1 is 1.30 bits per heavy atom. The molecule has 30 heavy (non-hydrogen) atoms. The van der Waals surface area contributed by atoms with Crippen molar-refractivity contribution in [1.82, 2.24) is 9.88 Å². The smallest absolute Gasteiger partial charge is 0.410 e. The van der Waals surface area contributed by atoms with Gasteiger partial charge in [-0.15, -0.1) is 0 Å². The van der Waals surface area contributed by atoms with Gasteiger partial charge < -0.3 is 20.7 Å². The van der Waals surface area contributed by atoms with Crippen LogP contribution >= 0.6 is 0 Å². The third-order valence-electron chi connectivity index (χ3n) is 7.66. The Morgan fingerprint density at radius 3 is 2.77 bits per heavy atom. The second kappa shape index (κ2) is 7.15. The van der Waals surface area contributed by atoms with Gasteiger partial charge in [-0.1, -0.05) is 0 Å². The number of nitriles is 1. The number of carbonyl (C=O) groups excluding carboxylic acids is 2. The van der Waals surface area contributed by atoms with Crippen LogP contribution in [0.15, 0.2) is 18.3 Å². The average Bonchev–Trinajstić information content (AvgIpc) is 3.19. The summed E-state index contributed by atoms with van der Waals surface area (Å²) in [6.07, 6.45) is 6.54. The van der Waals surface area contributed by atoms with E-state index in [1.807, 2.05) is 0 Å². The van der Waals surface area contributed by atoms with Gasteiger partial charge in [0.25, 0.3) is 0 Å². The van der Waals surface area contributed by atoms with Gasteiger partial charge in [0.05, 0.1) is 11.0 Å². The van der Waals surface area contributed by atoms with Crippen molar-refractivity contribution in [3.63, 3.8) is 0 Å². The van der Waals surface area contributed by atoms with Crippen LogP contribution in [0.5, 0.6) is 0 Å². The Bertz CT molecular complexity index is 896. The highest BCUT2D eigenvalue weighted by Crippen LogP contribution is 2.60. The summed E-state index contributed by atoms with van der Waals surface area (Å²) < 4.78 is 6.02. The lowest BCUT2D eigenvalue weighted by Crippen LogP contribution is -2.59. The van der Waals surface area contributed by atoms with Gasteiger partial charge in [0.1, 0.15) is 18.0 Å². The number of primary amides is 1. The molecular weight excluding hydrogens is 382 g/mol. The summed E-state index contributed by atoms with van der Waals surface area (Å²) in [6.45, 7) is 1.14. The zero-order valence-corrected chi connectivity index (χ0v) is 16.9. The molecule has 3 unspecified atom stereocenters. The van der Waals surface area contributed by atoms with Gasteiger partial charge >= 0.3 is 6.09 Å². The zero-order chi connectivity index (χ0) is 20.9. The largest absolute Gasteiger partial charge is 0.446 e.